The zero-order valence-corrected chi connectivity index (χ0v) is 16.0. The van der Waals surface area contributed by atoms with Gasteiger partial charge in [0.1, 0.15) is 11.9 Å². The highest BCUT2D eigenvalue weighted by Gasteiger charge is 2.41. The fraction of sp³-hybridized carbons (Fsp3) is 0.619. The molecule has 0 unspecified atom stereocenters. The van der Waals surface area contributed by atoms with Crippen molar-refractivity contribution in [1.82, 2.24) is 10.2 Å². The number of carbonyl (C=O) groups is 2. The lowest BCUT2D eigenvalue weighted by molar-refractivity contribution is -0.146. The SMILES string of the molecule is COC(=O)[C@@H]1C[C@@H](NC(=O)c2ccc(F)cc2)CN1C1CCCCCCC1. The van der Waals surface area contributed by atoms with Gasteiger partial charge >= 0.3 is 5.97 Å². The van der Waals surface area contributed by atoms with Crippen molar-refractivity contribution in [3.63, 3.8) is 0 Å². The van der Waals surface area contributed by atoms with Gasteiger partial charge in [-0.3, -0.25) is 14.5 Å². The van der Waals surface area contributed by atoms with Gasteiger partial charge in [0, 0.05) is 24.2 Å². The molecule has 1 saturated heterocycles. The molecule has 5 nitrogen and oxygen atoms in total. The van der Waals surface area contributed by atoms with Gasteiger partial charge in [-0.2, -0.15) is 0 Å². The first-order valence-corrected chi connectivity index (χ1v) is 9.98. The summed E-state index contributed by atoms with van der Waals surface area (Å²) in [5.74, 6) is -0.827. The molecule has 0 bridgehead atoms. The molecule has 1 N–H and O–H groups in total. The third-order valence-electron chi connectivity index (χ3n) is 5.80. The van der Waals surface area contributed by atoms with Crippen LogP contribution in [0.1, 0.15) is 61.7 Å². The quantitative estimate of drug-likeness (QED) is 0.820. The Hall–Kier alpha value is -1.95. The minimum atomic E-state index is -0.367. The number of nitrogens with one attached hydrogen (secondary N) is 1. The number of amides is 1. The number of likely N-dealkylation sites (tertiary alicyclic amines) is 1. The molecule has 27 heavy (non-hydrogen) atoms. The number of hydrogen-bond acceptors (Lipinski definition) is 4. The van der Waals surface area contributed by atoms with Crippen LogP contribution in [-0.4, -0.2) is 48.6 Å². The Labute approximate surface area is 160 Å². The van der Waals surface area contributed by atoms with Crippen molar-refractivity contribution in [3.05, 3.63) is 35.6 Å². The summed E-state index contributed by atoms with van der Waals surface area (Å²) < 4.78 is 18.1. The Balaban J connectivity index is 1.67. The zero-order chi connectivity index (χ0) is 19.2. The van der Waals surface area contributed by atoms with Crippen LogP contribution < -0.4 is 5.32 Å². The van der Waals surface area contributed by atoms with Crippen LogP contribution in [0.5, 0.6) is 0 Å². The van der Waals surface area contributed by atoms with Crippen molar-refractivity contribution in [2.24, 2.45) is 0 Å². The van der Waals surface area contributed by atoms with Crippen LogP contribution in [0.3, 0.4) is 0 Å². The molecule has 0 radical (unpaired) electrons. The molecule has 0 spiro atoms. The van der Waals surface area contributed by atoms with Crippen molar-refractivity contribution in [3.8, 4) is 0 Å². The fourth-order valence-electron chi connectivity index (χ4n) is 4.37. The van der Waals surface area contributed by atoms with E-state index >= 15 is 0 Å². The Morgan fingerprint density at radius 1 is 1.07 bits per heavy atom. The molecule has 1 aromatic rings. The van der Waals surface area contributed by atoms with Crippen molar-refractivity contribution in [1.29, 1.82) is 0 Å². The topological polar surface area (TPSA) is 58.6 Å². The van der Waals surface area contributed by atoms with Gasteiger partial charge in [0.25, 0.3) is 5.91 Å². The summed E-state index contributed by atoms with van der Waals surface area (Å²) in [5, 5.41) is 3.01. The molecule has 1 heterocycles. The van der Waals surface area contributed by atoms with Gasteiger partial charge in [0.2, 0.25) is 0 Å². The highest BCUT2D eigenvalue weighted by atomic mass is 19.1. The highest BCUT2D eigenvalue weighted by molar-refractivity contribution is 5.94. The van der Waals surface area contributed by atoms with Gasteiger partial charge in [-0.15, -0.1) is 0 Å². The molecule has 2 atom stereocenters. The van der Waals surface area contributed by atoms with E-state index in [-0.39, 0.29) is 29.8 Å². The molecule has 2 aliphatic rings. The van der Waals surface area contributed by atoms with Crippen molar-refractivity contribution in [2.45, 2.75) is 69.5 Å². The van der Waals surface area contributed by atoms with Gasteiger partial charge in [0.05, 0.1) is 7.11 Å². The first-order chi connectivity index (χ1) is 13.1. The number of hydrogen-bond donors (Lipinski definition) is 1. The van der Waals surface area contributed by atoms with Gasteiger partial charge in [-0.1, -0.05) is 32.1 Å². The molecule has 1 saturated carbocycles. The van der Waals surface area contributed by atoms with Crippen molar-refractivity contribution < 1.29 is 18.7 Å². The number of rotatable bonds is 4. The van der Waals surface area contributed by atoms with Crippen LogP contribution in [0.15, 0.2) is 24.3 Å². The lowest BCUT2D eigenvalue weighted by Gasteiger charge is -2.33. The minimum Gasteiger partial charge on any atom is -0.468 e. The molecular formula is C21H29FN2O3. The zero-order valence-electron chi connectivity index (χ0n) is 16.0. The van der Waals surface area contributed by atoms with Crippen LogP contribution in [0, 0.1) is 5.82 Å². The molecule has 6 heteroatoms. The summed E-state index contributed by atoms with van der Waals surface area (Å²) in [6.07, 6.45) is 8.89. The molecule has 1 amide bonds. The first-order valence-electron chi connectivity index (χ1n) is 9.98. The van der Waals surface area contributed by atoms with E-state index in [0.29, 0.717) is 24.6 Å². The van der Waals surface area contributed by atoms with E-state index in [0.717, 1.165) is 12.8 Å². The van der Waals surface area contributed by atoms with Gasteiger partial charge in [0.15, 0.2) is 0 Å². The van der Waals surface area contributed by atoms with Crippen LogP contribution in [-0.2, 0) is 9.53 Å². The number of ether oxygens (including phenoxy) is 1. The summed E-state index contributed by atoms with van der Waals surface area (Å²) in [4.78, 5) is 27.1. The molecule has 148 valence electrons. The molecular weight excluding hydrogens is 347 g/mol. The normalized spacial score (nSPS) is 24.8. The average molecular weight is 376 g/mol. The van der Waals surface area contributed by atoms with E-state index < -0.39 is 0 Å². The predicted molar refractivity (Wildman–Crippen MR) is 101 cm³/mol. The summed E-state index contributed by atoms with van der Waals surface area (Å²) >= 11 is 0. The first kappa shape index (κ1) is 19.8. The minimum absolute atomic E-state index is 0.114. The highest BCUT2D eigenvalue weighted by Crippen LogP contribution is 2.29. The maximum absolute atomic E-state index is 13.1. The molecule has 0 aromatic heterocycles. The van der Waals surface area contributed by atoms with Crippen LogP contribution >= 0.6 is 0 Å². The Morgan fingerprint density at radius 3 is 2.33 bits per heavy atom. The van der Waals surface area contributed by atoms with Crippen LogP contribution in [0.4, 0.5) is 4.39 Å². The lowest BCUT2D eigenvalue weighted by atomic mass is 9.95. The van der Waals surface area contributed by atoms with Gasteiger partial charge in [-0.25, -0.2) is 4.39 Å². The summed E-state index contributed by atoms with van der Waals surface area (Å²) in [5.41, 5.74) is 0.426. The monoisotopic (exact) mass is 376 g/mol. The van der Waals surface area contributed by atoms with Crippen LogP contribution in [0.2, 0.25) is 0 Å². The van der Waals surface area contributed by atoms with Gasteiger partial charge < -0.3 is 10.1 Å². The Morgan fingerprint density at radius 2 is 1.70 bits per heavy atom. The standard InChI is InChI=1S/C21H29FN2O3/c1-27-21(26)19-13-17(23-20(25)15-9-11-16(22)12-10-15)14-24(19)18-7-5-3-2-4-6-8-18/h9-12,17-19H,2-8,13-14H2,1H3,(H,23,25)/t17-,19+/m1/s1. The third kappa shape index (κ3) is 5.06. The maximum Gasteiger partial charge on any atom is 0.323 e. The van der Waals surface area contributed by atoms with Crippen LogP contribution in [0.25, 0.3) is 0 Å². The fourth-order valence-corrected chi connectivity index (χ4v) is 4.37. The number of benzene rings is 1. The number of carbonyl (C=O) groups excluding carboxylic acids is 2. The number of nitrogens with zero attached hydrogens (tertiary/aromatic N) is 1. The smallest absolute Gasteiger partial charge is 0.323 e. The summed E-state index contributed by atoms with van der Waals surface area (Å²) in [6, 6.07) is 5.45. The molecule has 1 aliphatic heterocycles. The van der Waals surface area contributed by atoms with Gasteiger partial charge in [-0.05, 0) is 43.5 Å². The average Bonchev–Trinajstić information content (AvgIpc) is 3.05. The largest absolute Gasteiger partial charge is 0.468 e. The second kappa shape index (κ2) is 9.31. The second-order valence-corrected chi connectivity index (χ2v) is 7.65. The van der Waals surface area contributed by atoms with E-state index in [9.17, 15) is 14.0 Å². The van der Waals surface area contributed by atoms with E-state index in [2.05, 4.69) is 10.2 Å². The molecule has 2 fully saturated rings. The molecule has 1 aromatic carbocycles. The number of esters is 1. The molecule has 3 rings (SSSR count). The van der Waals surface area contributed by atoms with E-state index in [1.54, 1.807) is 0 Å². The van der Waals surface area contributed by atoms with E-state index in [4.69, 9.17) is 4.74 Å². The summed E-state index contributed by atoms with van der Waals surface area (Å²) in [6.45, 7) is 0.650. The number of methoxy groups -OCH3 is 1. The van der Waals surface area contributed by atoms with Crippen molar-refractivity contribution in [2.75, 3.05) is 13.7 Å². The molecule has 1 aliphatic carbocycles. The third-order valence-corrected chi connectivity index (χ3v) is 5.80. The summed E-state index contributed by atoms with van der Waals surface area (Å²) in [7, 11) is 1.42. The maximum atomic E-state index is 13.1. The second-order valence-electron chi connectivity index (χ2n) is 7.65. The van der Waals surface area contributed by atoms with E-state index in [1.807, 2.05) is 0 Å². The van der Waals surface area contributed by atoms with E-state index in [1.165, 1.54) is 63.5 Å². The lowest BCUT2D eigenvalue weighted by Crippen LogP contribution is -2.44. The van der Waals surface area contributed by atoms with Crippen molar-refractivity contribution >= 4 is 11.9 Å². The Kier molecular flexibility index (Phi) is 6.83. The number of halogens is 1. The Bertz CT molecular complexity index is 641. The predicted octanol–water partition coefficient (Wildman–Crippen LogP) is 3.28.